The summed E-state index contributed by atoms with van der Waals surface area (Å²) in [7, 11) is -3.74. The number of rotatable bonds is 5. The van der Waals surface area contributed by atoms with Crippen LogP contribution < -0.4 is 0 Å². The van der Waals surface area contributed by atoms with Crippen molar-refractivity contribution in [2.75, 3.05) is 13.1 Å². The molecule has 1 fully saturated rings. The third kappa shape index (κ3) is 3.09. The highest BCUT2D eigenvalue weighted by Crippen LogP contribution is 2.27. The van der Waals surface area contributed by atoms with E-state index in [0.29, 0.717) is 6.54 Å². The molecule has 1 unspecified atom stereocenters. The first kappa shape index (κ1) is 16.4. The Morgan fingerprint density at radius 2 is 2.00 bits per heavy atom. The molecular weight excluding hydrogens is 268 g/mol. The molecule has 1 saturated heterocycles. The standard InChI is InChI=1S/C12H24N2O4S/c1-5-14(12(3,4)11(15)16)19(17,18)13-9-7-6-8-10(13)2/h10H,5-9H2,1-4H3,(H,15,16). The summed E-state index contributed by atoms with van der Waals surface area (Å²) < 4.78 is 27.8. The minimum Gasteiger partial charge on any atom is -0.480 e. The van der Waals surface area contributed by atoms with Crippen LogP contribution in [-0.2, 0) is 15.0 Å². The molecule has 0 aliphatic carbocycles. The summed E-state index contributed by atoms with van der Waals surface area (Å²) >= 11 is 0. The van der Waals surface area contributed by atoms with Gasteiger partial charge in [0, 0.05) is 19.1 Å². The molecule has 7 heteroatoms. The van der Waals surface area contributed by atoms with E-state index >= 15 is 0 Å². The lowest BCUT2D eigenvalue weighted by molar-refractivity contribution is -0.146. The maximum absolute atomic E-state index is 12.7. The highest BCUT2D eigenvalue weighted by molar-refractivity contribution is 7.86. The van der Waals surface area contributed by atoms with Crippen LogP contribution in [0.1, 0.15) is 47.0 Å². The molecule has 0 spiro atoms. The maximum Gasteiger partial charge on any atom is 0.324 e. The van der Waals surface area contributed by atoms with E-state index in [0.717, 1.165) is 23.6 Å². The van der Waals surface area contributed by atoms with Gasteiger partial charge in [0.15, 0.2) is 0 Å². The number of carboxylic acids is 1. The molecule has 0 saturated carbocycles. The minimum absolute atomic E-state index is 0.0719. The van der Waals surface area contributed by atoms with Crippen LogP contribution in [0.15, 0.2) is 0 Å². The van der Waals surface area contributed by atoms with E-state index in [9.17, 15) is 18.3 Å². The molecule has 0 amide bonds. The summed E-state index contributed by atoms with van der Waals surface area (Å²) in [5.74, 6) is -1.14. The van der Waals surface area contributed by atoms with E-state index in [1.54, 1.807) is 6.92 Å². The maximum atomic E-state index is 12.7. The molecule has 1 atom stereocenters. The van der Waals surface area contributed by atoms with E-state index in [2.05, 4.69) is 0 Å². The first-order valence-corrected chi connectivity index (χ1v) is 8.08. The van der Waals surface area contributed by atoms with Crippen molar-refractivity contribution < 1.29 is 18.3 Å². The van der Waals surface area contributed by atoms with Gasteiger partial charge in [-0.2, -0.15) is 17.0 Å². The second-order valence-corrected chi connectivity index (χ2v) is 7.30. The van der Waals surface area contributed by atoms with Crippen molar-refractivity contribution in [1.82, 2.24) is 8.61 Å². The van der Waals surface area contributed by atoms with Gasteiger partial charge in [-0.3, -0.25) is 4.79 Å². The number of carbonyl (C=O) groups is 1. The first-order chi connectivity index (χ1) is 8.65. The van der Waals surface area contributed by atoms with Crippen molar-refractivity contribution in [3.63, 3.8) is 0 Å². The molecule has 19 heavy (non-hydrogen) atoms. The van der Waals surface area contributed by atoms with Crippen LogP contribution in [-0.4, -0.2) is 52.8 Å². The topological polar surface area (TPSA) is 77.9 Å². The number of likely N-dealkylation sites (N-methyl/N-ethyl adjacent to an activating group) is 1. The van der Waals surface area contributed by atoms with Gasteiger partial charge >= 0.3 is 5.97 Å². The van der Waals surface area contributed by atoms with Crippen molar-refractivity contribution in [3.05, 3.63) is 0 Å². The lowest BCUT2D eigenvalue weighted by Gasteiger charge is -2.40. The van der Waals surface area contributed by atoms with E-state index in [4.69, 9.17) is 0 Å². The highest BCUT2D eigenvalue weighted by Gasteiger charge is 2.45. The van der Waals surface area contributed by atoms with Crippen molar-refractivity contribution in [2.45, 2.75) is 58.5 Å². The van der Waals surface area contributed by atoms with Crippen LogP contribution in [0, 0.1) is 0 Å². The van der Waals surface area contributed by atoms with Crippen LogP contribution >= 0.6 is 0 Å². The smallest absolute Gasteiger partial charge is 0.324 e. The van der Waals surface area contributed by atoms with Gasteiger partial charge in [0.25, 0.3) is 10.2 Å². The summed E-state index contributed by atoms with van der Waals surface area (Å²) in [4.78, 5) is 11.3. The van der Waals surface area contributed by atoms with Gasteiger partial charge in [0.05, 0.1) is 0 Å². The average Bonchev–Trinajstić information content (AvgIpc) is 2.29. The normalized spacial score (nSPS) is 22.7. The Hall–Kier alpha value is -0.660. The molecule has 1 rings (SSSR count). The quantitative estimate of drug-likeness (QED) is 0.828. The van der Waals surface area contributed by atoms with Gasteiger partial charge in [0.1, 0.15) is 5.54 Å². The Morgan fingerprint density at radius 1 is 1.42 bits per heavy atom. The van der Waals surface area contributed by atoms with Crippen molar-refractivity contribution in [2.24, 2.45) is 0 Å². The molecule has 0 aromatic carbocycles. The predicted octanol–water partition coefficient (Wildman–Crippen LogP) is 1.29. The van der Waals surface area contributed by atoms with Gasteiger partial charge < -0.3 is 5.11 Å². The minimum atomic E-state index is -3.74. The Balaban J connectivity index is 3.12. The van der Waals surface area contributed by atoms with Gasteiger partial charge in [-0.05, 0) is 33.6 Å². The first-order valence-electron chi connectivity index (χ1n) is 6.68. The second kappa shape index (κ2) is 5.76. The fourth-order valence-corrected chi connectivity index (χ4v) is 4.65. The molecule has 0 aromatic heterocycles. The van der Waals surface area contributed by atoms with Gasteiger partial charge in [0.2, 0.25) is 0 Å². The lowest BCUT2D eigenvalue weighted by atomic mass is 10.1. The molecule has 6 nitrogen and oxygen atoms in total. The average molecular weight is 292 g/mol. The fourth-order valence-electron chi connectivity index (χ4n) is 2.49. The summed E-state index contributed by atoms with van der Waals surface area (Å²) in [5.41, 5.74) is -1.44. The summed E-state index contributed by atoms with van der Waals surface area (Å²) in [6.45, 7) is 6.99. The number of nitrogens with zero attached hydrogens (tertiary/aromatic N) is 2. The number of aliphatic carboxylic acids is 1. The molecule has 0 radical (unpaired) electrons. The number of piperidine rings is 1. The van der Waals surface area contributed by atoms with Crippen molar-refractivity contribution in [3.8, 4) is 0 Å². The zero-order chi connectivity index (χ0) is 14.8. The SMILES string of the molecule is CCN(C(C)(C)C(=O)O)S(=O)(=O)N1CCCCC1C. The largest absolute Gasteiger partial charge is 0.480 e. The third-order valence-electron chi connectivity index (χ3n) is 3.75. The van der Waals surface area contributed by atoms with Crippen LogP contribution in [0.4, 0.5) is 0 Å². The van der Waals surface area contributed by atoms with Crippen molar-refractivity contribution in [1.29, 1.82) is 0 Å². The van der Waals surface area contributed by atoms with E-state index in [-0.39, 0.29) is 12.6 Å². The third-order valence-corrected chi connectivity index (χ3v) is 6.16. The Bertz CT molecular complexity index is 433. The number of carboxylic acid groups (broad SMARTS) is 1. The monoisotopic (exact) mass is 292 g/mol. The molecule has 1 N–H and O–H groups in total. The summed E-state index contributed by atoms with van der Waals surface area (Å²) in [6, 6.07) is -0.0719. The molecule has 0 aromatic rings. The van der Waals surface area contributed by atoms with Crippen LogP contribution in [0.2, 0.25) is 0 Å². The molecular formula is C12H24N2O4S. The zero-order valence-corrected chi connectivity index (χ0v) is 12.9. The van der Waals surface area contributed by atoms with Gasteiger partial charge in [-0.25, -0.2) is 0 Å². The van der Waals surface area contributed by atoms with Crippen LogP contribution in [0.25, 0.3) is 0 Å². The summed E-state index contributed by atoms with van der Waals surface area (Å²) in [6.07, 6.45) is 2.67. The Kier molecular flexibility index (Phi) is 4.97. The molecule has 1 aliphatic rings. The molecule has 1 heterocycles. The van der Waals surface area contributed by atoms with Crippen LogP contribution in [0.5, 0.6) is 0 Å². The Labute approximate surface area is 115 Å². The van der Waals surface area contributed by atoms with Gasteiger partial charge in [-0.15, -0.1) is 0 Å². The second-order valence-electron chi connectivity index (χ2n) is 5.49. The lowest BCUT2D eigenvalue weighted by Crippen LogP contribution is -2.59. The van der Waals surface area contributed by atoms with E-state index in [1.165, 1.54) is 18.2 Å². The van der Waals surface area contributed by atoms with E-state index < -0.39 is 21.7 Å². The van der Waals surface area contributed by atoms with Crippen LogP contribution in [0.3, 0.4) is 0 Å². The highest BCUT2D eigenvalue weighted by atomic mass is 32.2. The van der Waals surface area contributed by atoms with Gasteiger partial charge in [-0.1, -0.05) is 13.3 Å². The van der Waals surface area contributed by atoms with E-state index in [1.807, 2.05) is 6.92 Å². The number of hydrogen-bond acceptors (Lipinski definition) is 3. The zero-order valence-electron chi connectivity index (χ0n) is 12.1. The predicted molar refractivity (Wildman–Crippen MR) is 73.0 cm³/mol. The molecule has 1 aliphatic heterocycles. The number of hydrogen-bond donors (Lipinski definition) is 1. The van der Waals surface area contributed by atoms with Crippen molar-refractivity contribution >= 4 is 16.2 Å². The summed E-state index contributed by atoms with van der Waals surface area (Å²) in [5, 5.41) is 9.25. The molecule has 0 bridgehead atoms. The fraction of sp³-hybridized carbons (Fsp3) is 0.917. The molecule has 112 valence electrons. The Morgan fingerprint density at radius 3 is 2.42 bits per heavy atom.